The minimum Gasteiger partial charge on any atom is -0.448 e. The molecule has 126 valence electrons. The van der Waals surface area contributed by atoms with Crippen LogP contribution >= 0.6 is 0 Å². The molecule has 1 aromatic carbocycles. The summed E-state index contributed by atoms with van der Waals surface area (Å²) in [6, 6.07) is 9.82. The number of β-amino-alcohol motifs (C(OH)–C–C–N with tert-alkyl or cyclic N) is 1. The Morgan fingerprint density at radius 2 is 1.70 bits per heavy atom. The zero-order valence-electron chi connectivity index (χ0n) is 13.4. The SMILES string of the molecule is O=C1OCCN1CCN1CCN(CC(O)c2ccccc2)CC1. The zero-order chi connectivity index (χ0) is 16.1. The number of piperazine rings is 1. The fraction of sp³-hybridized carbons (Fsp3) is 0.588. The van der Waals surface area contributed by atoms with Crippen molar-refractivity contribution < 1.29 is 14.6 Å². The van der Waals surface area contributed by atoms with Gasteiger partial charge in [-0.1, -0.05) is 30.3 Å². The van der Waals surface area contributed by atoms with Gasteiger partial charge in [-0.3, -0.25) is 9.80 Å². The third kappa shape index (κ3) is 4.43. The van der Waals surface area contributed by atoms with E-state index in [0.29, 0.717) is 19.7 Å². The number of benzene rings is 1. The maximum atomic E-state index is 11.4. The highest BCUT2D eigenvalue weighted by Gasteiger charge is 2.24. The van der Waals surface area contributed by atoms with Gasteiger partial charge in [-0.2, -0.15) is 0 Å². The second-order valence-corrected chi connectivity index (χ2v) is 6.17. The van der Waals surface area contributed by atoms with Crippen molar-refractivity contribution >= 4 is 6.09 Å². The molecule has 0 saturated carbocycles. The van der Waals surface area contributed by atoms with Crippen LogP contribution in [0.2, 0.25) is 0 Å². The summed E-state index contributed by atoms with van der Waals surface area (Å²) in [5.41, 5.74) is 0.975. The molecule has 3 rings (SSSR count). The molecule has 0 aliphatic carbocycles. The number of nitrogens with zero attached hydrogens (tertiary/aromatic N) is 3. The van der Waals surface area contributed by atoms with Crippen LogP contribution in [0.5, 0.6) is 0 Å². The standard InChI is InChI=1S/C17H25N3O3/c21-16(15-4-2-1-3-5-15)14-19-8-6-18(7-9-19)10-11-20-12-13-23-17(20)22/h1-5,16,21H,6-14H2. The van der Waals surface area contributed by atoms with Gasteiger partial charge < -0.3 is 14.7 Å². The lowest BCUT2D eigenvalue weighted by Gasteiger charge is -2.36. The second kappa shape index (κ2) is 7.77. The minimum absolute atomic E-state index is 0.186. The highest BCUT2D eigenvalue weighted by molar-refractivity contribution is 5.69. The van der Waals surface area contributed by atoms with Crippen molar-refractivity contribution in [2.24, 2.45) is 0 Å². The Hall–Kier alpha value is -1.63. The third-order valence-corrected chi connectivity index (χ3v) is 4.61. The van der Waals surface area contributed by atoms with Gasteiger partial charge in [0.25, 0.3) is 0 Å². The lowest BCUT2D eigenvalue weighted by Crippen LogP contribution is -2.49. The van der Waals surface area contributed by atoms with Crippen LogP contribution in [-0.4, -0.2) is 84.9 Å². The van der Waals surface area contributed by atoms with Crippen LogP contribution < -0.4 is 0 Å². The third-order valence-electron chi connectivity index (χ3n) is 4.61. The lowest BCUT2D eigenvalue weighted by molar-refractivity contribution is 0.0699. The highest BCUT2D eigenvalue weighted by atomic mass is 16.6. The number of aliphatic hydroxyl groups excluding tert-OH is 1. The topological polar surface area (TPSA) is 56.2 Å². The van der Waals surface area contributed by atoms with Crippen molar-refractivity contribution in [2.45, 2.75) is 6.10 Å². The van der Waals surface area contributed by atoms with Crippen LogP contribution in [0.25, 0.3) is 0 Å². The monoisotopic (exact) mass is 319 g/mol. The van der Waals surface area contributed by atoms with E-state index in [4.69, 9.17) is 4.74 Å². The molecule has 0 radical (unpaired) electrons. The molecule has 2 fully saturated rings. The number of ether oxygens (including phenoxy) is 1. The molecule has 0 aromatic heterocycles. The van der Waals surface area contributed by atoms with Gasteiger partial charge in [0.05, 0.1) is 12.6 Å². The molecule has 1 amide bonds. The molecule has 2 saturated heterocycles. The molecule has 6 heteroatoms. The fourth-order valence-corrected chi connectivity index (χ4v) is 3.11. The van der Waals surface area contributed by atoms with Gasteiger partial charge in [-0.05, 0) is 5.56 Å². The average molecular weight is 319 g/mol. The Morgan fingerprint density at radius 3 is 2.35 bits per heavy atom. The van der Waals surface area contributed by atoms with E-state index in [0.717, 1.165) is 44.8 Å². The van der Waals surface area contributed by atoms with Crippen molar-refractivity contribution in [3.05, 3.63) is 35.9 Å². The molecule has 23 heavy (non-hydrogen) atoms. The van der Waals surface area contributed by atoms with Crippen LogP contribution in [-0.2, 0) is 4.74 Å². The number of carbonyl (C=O) groups excluding carboxylic acids is 1. The van der Waals surface area contributed by atoms with E-state index in [-0.39, 0.29) is 6.09 Å². The van der Waals surface area contributed by atoms with Gasteiger partial charge in [-0.15, -0.1) is 0 Å². The molecule has 2 heterocycles. The summed E-state index contributed by atoms with van der Waals surface area (Å²) >= 11 is 0. The Morgan fingerprint density at radius 1 is 1.00 bits per heavy atom. The van der Waals surface area contributed by atoms with Gasteiger partial charge in [-0.25, -0.2) is 4.79 Å². The average Bonchev–Trinajstić information content (AvgIpc) is 3.00. The smallest absolute Gasteiger partial charge is 0.409 e. The molecular formula is C17H25N3O3. The molecular weight excluding hydrogens is 294 g/mol. The summed E-state index contributed by atoms with van der Waals surface area (Å²) in [7, 11) is 0. The summed E-state index contributed by atoms with van der Waals surface area (Å²) in [6.07, 6.45) is -0.614. The summed E-state index contributed by atoms with van der Waals surface area (Å²) in [6.45, 7) is 7.40. The maximum Gasteiger partial charge on any atom is 0.409 e. The zero-order valence-corrected chi connectivity index (χ0v) is 13.4. The van der Waals surface area contributed by atoms with Gasteiger partial charge >= 0.3 is 6.09 Å². The molecule has 1 N–H and O–H groups in total. The number of hydrogen-bond acceptors (Lipinski definition) is 5. The van der Waals surface area contributed by atoms with Crippen LogP contribution in [0.4, 0.5) is 4.79 Å². The van der Waals surface area contributed by atoms with E-state index in [1.165, 1.54) is 0 Å². The highest BCUT2D eigenvalue weighted by Crippen LogP contribution is 2.15. The van der Waals surface area contributed by atoms with E-state index in [9.17, 15) is 9.90 Å². The van der Waals surface area contributed by atoms with Gasteiger partial charge in [0.2, 0.25) is 0 Å². The first-order valence-corrected chi connectivity index (χ1v) is 8.32. The summed E-state index contributed by atoms with van der Waals surface area (Å²) in [5, 5.41) is 10.3. The Bertz CT molecular complexity index is 503. The fourth-order valence-electron chi connectivity index (χ4n) is 3.11. The van der Waals surface area contributed by atoms with Crippen LogP contribution in [0.15, 0.2) is 30.3 Å². The first kappa shape index (κ1) is 16.2. The van der Waals surface area contributed by atoms with E-state index in [2.05, 4.69) is 9.80 Å². The number of hydrogen-bond donors (Lipinski definition) is 1. The van der Waals surface area contributed by atoms with Crippen molar-refractivity contribution in [3.63, 3.8) is 0 Å². The van der Waals surface area contributed by atoms with Crippen molar-refractivity contribution in [1.29, 1.82) is 0 Å². The second-order valence-electron chi connectivity index (χ2n) is 6.17. The largest absolute Gasteiger partial charge is 0.448 e. The normalized spacial score (nSPS) is 21.4. The van der Waals surface area contributed by atoms with Crippen molar-refractivity contribution in [1.82, 2.24) is 14.7 Å². The molecule has 2 aliphatic rings. The molecule has 6 nitrogen and oxygen atoms in total. The number of carbonyl (C=O) groups is 1. The molecule has 1 unspecified atom stereocenters. The van der Waals surface area contributed by atoms with Crippen LogP contribution in [0, 0.1) is 0 Å². The van der Waals surface area contributed by atoms with Gasteiger partial charge in [0, 0.05) is 45.8 Å². The van der Waals surface area contributed by atoms with Crippen molar-refractivity contribution in [2.75, 3.05) is 59.0 Å². The van der Waals surface area contributed by atoms with E-state index < -0.39 is 6.10 Å². The predicted octanol–water partition coefficient (Wildman–Crippen LogP) is 0.790. The lowest BCUT2D eigenvalue weighted by atomic mass is 10.1. The van der Waals surface area contributed by atoms with Crippen molar-refractivity contribution in [3.8, 4) is 0 Å². The summed E-state index contributed by atoms with van der Waals surface area (Å²) in [4.78, 5) is 17.8. The van der Waals surface area contributed by atoms with Crippen LogP contribution in [0.3, 0.4) is 0 Å². The number of aliphatic hydroxyl groups is 1. The Labute approximate surface area is 137 Å². The van der Waals surface area contributed by atoms with E-state index >= 15 is 0 Å². The maximum absolute atomic E-state index is 11.4. The quantitative estimate of drug-likeness (QED) is 0.840. The molecule has 0 spiro atoms. The van der Waals surface area contributed by atoms with Gasteiger partial charge in [0.15, 0.2) is 0 Å². The first-order chi connectivity index (χ1) is 11.2. The first-order valence-electron chi connectivity index (χ1n) is 8.32. The van der Waals surface area contributed by atoms with Crippen LogP contribution in [0.1, 0.15) is 11.7 Å². The molecule has 2 aliphatic heterocycles. The molecule has 1 atom stereocenters. The van der Waals surface area contributed by atoms with Gasteiger partial charge in [0.1, 0.15) is 6.61 Å². The van der Waals surface area contributed by atoms with E-state index in [1.54, 1.807) is 4.90 Å². The minimum atomic E-state index is -0.429. The summed E-state index contributed by atoms with van der Waals surface area (Å²) < 4.78 is 4.94. The number of rotatable bonds is 6. The Balaban J connectivity index is 1.37. The molecule has 1 aromatic rings. The summed E-state index contributed by atoms with van der Waals surface area (Å²) in [5.74, 6) is 0. The number of cyclic esters (lactones) is 1. The molecule has 0 bridgehead atoms. The number of amides is 1. The Kier molecular flexibility index (Phi) is 5.48. The van der Waals surface area contributed by atoms with E-state index in [1.807, 2.05) is 30.3 Å². The predicted molar refractivity (Wildman–Crippen MR) is 87.2 cm³/mol.